The largest absolute Gasteiger partial charge is 0.204 e. The Balaban J connectivity index is 3.11. The summed E-state index contributed by atoms with van der Waals surface area (Å²) in [7, 11) is 0. The predicted octanol–water partition coefficient (Wildman–Crippen LogP) is 4.14. The van der Waals surface area contributed by atoms with Crippen LogP contribution in [0.2, 0.25) is 0 Å². The van der Waals surface area contributed by atoms with Crippen molar-refractivity contribution in [2.45, 2.75) is 13.3 Å². The zero-order valence-corrected chi connectivity index (χ0v) is 8.91. The Morgan fingerprint density at radius 2 is 1.80 bits per heavy atom. The lowest BCUT2D eigenvalue weighted by Crippen LogP contribution is -1.92. The third kappa shape index (κ3) is 2.99. The third-order valence-electron chi connectivity index (χ3n) is 2.00. The first-order valence-electron chi connectivity index (χ1n) is 4.48. The minimum atomic E-state index is -1.45. The summed E-state index contributed by atoms with van der Waals surface area (Å²) in [6, 6.07) is 1.89. The van der Waals surface area contributed by atoms with Gasteiger partial charge in [-0.25, -0.2) is 13.2 Å². The molecule has 0 bridgehead atoms. The molecule has 4 heteroatoms. The van der Waals surface area contributed by atoms with E-state index in [4.69, 9.17) is 11.6 Å². The number of alkyl halides is 1. The maximum absolute atomic E-state index is 12.8. The number of benzene rings is 1. The summed E-state index contributed by atoms with van der Waals surface area (Å²) in [4.78, 5) is 0. The predicted molar refractivity (Wildman–Crippen MR) is 55.3 cm³/mol. The average Bonchev–Trinajstić information content (AvgIpc) is 2.22. The second kappa shape index (κ2) is 5.21. The molecule has 1 aromatic rings. The Morgan fingerprint density at radius 3 is 2.20 bits per heavy atom. The molecule has 0 atom stereocenters. The van der Waals surface area contributed by atoms with Crippen LogP contribution in [0.15, 0.2) is 17.7 Å². The second-order valence-corrected chi connectivity index (χ2v) is 3.36. The van der Waals surface area contributed by atoms with Gasteiger partial charge in [0.25, 0.3) is 0 Å². The molecule has 0 heterocycles. The molecule has 0 nitrogen and oxygen atoms in total. The van der Waals surface area contributed by atoms with E-state index in [-0.39, 0.29) is 11.4 Å². The van der Waals surface area contributed by atoms with E-state index in [1.54, 1.807) is 6.08 Å². The topological polar surface area (TPSA) is 0 Å². The molecular formula is C11H10ClF3. The van der Waals surface area contributed by atoms with Crippen LogP contribution in [0.3, 0.4) is 0 Å². The van der Waals surface area contributed by atoms with Gasteiger partial charge in [0.05, 0.1) is 0 Å². The van der Waals surface area contributed by atoms with Crippen molar-refractivity contribution in [1.29, 1.82) is 0 Å². The molecule has 0 N–H and O–H groups in total. The lowest BCUT2D eigenvalue weighted by atomic mass is 10.1. The lowest BCUT2D eigenvalue weighted by molar-refractivity contribution is 0.447. The van der Waals surface area contributed by atoms with E-state index in [1.807, 2.05) is 6.92 Å². The van der Waals surface area contributed by atoms with Crippen LogP contribution in [0.4, 0.5) is 13.2 Å². The van der Waals surface area contributed by atoms with E-state index in [1.165, 1.54) is 0 Å². The van der Waals surface area contributed by atoms with Crippen LogP contribution >= 0.6 is 11.6 Å². The fourth-order valence-electron chi connectivity index (χ4n) is 1.13. The SMILES string of the molecule is CC/C(=C/c1cc(F)c(F)c(F)c1)CCl. The summed E-state index contributed by atoms with van der Waals surface area (Å²) in [5.41, 5.74) is 1.12. The molecule has 0 spiro atoms. The summed E-state index contributed by atoms with van der Waals surface area (Å²) < 4.78 is 38.3. The smallest absolute Gasteiger partial charge is 0.194 e. The van der Waals surface area contributed by atoms with Crippen LogP contribution in [0.25, 0.3) is 6.08 Å². The molecule has 0 unspecified atom stereocenters. The standard InChI is InChI=1S/C11H10ClF3/c1-2-7(6-12)3-8-4-9(13)11(15)10(14)5-8/h3-5H,2,6H2,1H3/b7-3-. The molecular weight excluding hydrogens is 225 g/mol. The van der Waals surface area contributed by atoms with Crippen molar-refractivity contribution in [3.63, 3.8) is 0 Å². The number of halogens is 4. The van der Waals surface area contributed by atoms with E-state index >= 15 is 0 Å². The lowest BCUT2D eigenvalue weighted by Gasteiger charge is -2.01. The van der Waals surface area contributed by atoms with Crippen molar-refractivity contribution in [1.82, 2.24) is 0 Å². The molecule has 0 aliphatic rings. The summed E-state index contributed by atoms with van der Waals surface area (Å²) in [5, 5.41) is 0. The van der Waals surface area contributed by atoms with Gasteiger partial charge >= 0.3 is 0 Å². The number of hydrogen-bond acceptors (Lipinski definition) is 0. The van der Waals surface area contributed by atoms with Gasteiger partial charge in [-0.1, -0.05) is 18.6 Å². The highest BCUT2D eigenvalue weighted by Crippen LogP contribution is 2.17. The van der Waals surface area contributed by atoms with Gasteiger partial charge in [-0.15, -0.1) is 11.6 Å². The van der Waals surface area contributed by atoms with Crippen molar-refractivity contribution < 1.29 is 13.2 Å². The van der Waals surface area contributed by atoms with E-state index in [0.717, 1.165) is 17.7 Å². The first-order chi connectivity index (χ1) is 7.08. The van der Waals surface area contributed by atoms with Gasteiger partial charge in [0.15, 0.2) is 17.5 Å². The van der Waals surface area contributed by atoms with Crippen LogP contribution in [-0.4, -0.2) is 5.88 Å². The maximum Gasteiger partial charge on any atom is 0.194 e. The maximum atomic E-state index is 12.8. The normalized spacial score (nSPS) is 11.9. The molecule has 15 heavy (non-hydrogen) atoms. The molecule has 1 rings (SSSR count). The molecule has 0 aliphatic carbocycles. The highest BCUT2D eigenvalue weighted by Gasteiger charge is 2.09. The van der Waals surface area contributed by atoms with E-state index < -0.39 is 17.5 Å². The first-order valence-corrected chi connectivity index (χ1v) is 5.01. The van der Waals surface area contributed by atoms with Crippen LogP contribution in [-0.2, 0) is 0 Å². The van der Waals surface area contributed by atoms with Gasteiger partial charge in [0.2, 0.25) is 0 Å². The minimum Gasteiger partial charge on any atom is -0.204 e. The summed E-state index contributed by atoms with van der Waals surface area (Å²) in [5.74, 6) is -3.54. The Kier molecular flexibility index (Phi) is 4.21. The fourth-order valence-corrected chi connectivity index (χ4v) is 1.40. The Hall–Kier alpha value is -0.960. The monoisotopic (exact) mass is 234 g/mol. The van der Waals surface area contributed by atoms with Gasteiger partial charge < -0.3 is 0 Å². The van der Waals surface area contributed by atoms with Gasteiger partial charge in [-0.3, -0.25) is 0 Å². The van der Waals surface area contributed by atoms with Gasteiger partial charge in [-0.05, 0) is 24.1 Å². The van der Waals surface area contributed by atoms with Crippen molar-refractivity contribution in [3.8, 4) is 0 Å². The summed E-state index contributed by atoms with van der Waals surface area (Å²) in [6.45, 7) is 1.88. The fraction of sp³-hybridized carbons (Fsp3) is 0.273. The van der Waals surface area contributed by atoms with Crippen molar-refractivity contribution >= 4 is 17.7 Å². The van der Waals surface area contributed by atoms with E-state index in [2.05, 4.69) is 0 Å². The molecule has 1 aromatic carbocycles. The molecule has 0 amide bonds. The Labute approximate surface area is 91.4 Å². The second-order valence-electron chi connectivity index (χ2n) is 3.09. The average molecular weight is 235 g/mol. The van der Waals surface area contributed by atoms with Crippen LogP contribution in [0.5, 0.6) is 0 Å². The van der Waals surface area contributed by atoms with Crippen molar-refractivity contribution in [3.05, 3.63) is 40.7 Å². The highest BCUT2D eigenvalue weighted by molar-refractivity contribution is 6.19. The quantitative estimate of drug-likeness (QED) is 0.545. The molecule has 0 fully saturated rings. The summed E-state index contributed by atoms with van der Waals surface area (Å²) >= 11 is 5.60. The summed E-state index contributed by atoms with van der Waals surface area (Å²) in [6.07, 6.45) is 2.24. The van der Waals surface area contributed by atoms with E-state index in [9.17, 15) is 13.2 Å². The van der Waals surface area contributed by atoms with Crippen LogP contribution in [0.1, 0.15) is 18.9 Å². The molecule has 82 valence electrons. The zero-order valence-electron chi connectivity index (χ0n) is 8.16. The van der Waals surface area contributed by atoms with E-state index in [0.29, 0.717) is 6.42 Å². The molecule has 0 saturated carbocycles. The Morgan fingerprint density at radius 1 is 1.27 bits per heavy atom. The molecule has 0 aliphatic heterocycles. The van der Waals surface area contributed by atoms with Gasteiger partial charge in [0.1, 0.15) is 0 Å². The Bertz CT molecular complexity index is 356. The number of hydrogen-bond donors (Lipinski definition) is 0. The minimum absolute atomic E-state index is 0.281. The zero-order chi connectivity index (χ0) is 11.4. The van der Waals surface area contributed by atoms with Crippen LogP contribution < -0.4 is 0 Å². The van der Waals surface area contributed by atoms with Gasteiger partial charge in [-0.2, -0.15) is 0 Å². The molecule has 0 aromatic heterocycles. The van der Waals surface area contributed by atoms with Crippen LogP contribution in [0, 0.1) is 17.5 Å². The molecule has 0 saturated heterocycles. The number of rotatable bonds is 3. The van der Waals surface area contributed by atoms with Crippen molar-refractivity contribution in [2.75, 3.05) is 5.88 Å². The van der Waals surface area contributed by atoms with Gasteiger partial charge in [0, 0.05) is 5.88 Å². The number of allylic oxidation sites excluding steroid dienone is 1. The third-order valence-corrected chi connectivity index (χ3v) is 2.35. The molecule has 0 radical (unpaired) electrons. The first kappa shape index (κ1) is 12.1. The van der Waals surface area contributed by atoms with Crippen molar-refractivity contribution in [2.24, 2.45) is 0 Å². The highest BCUT2D eigenvalue weighted by atomic mass is 35.5.